The van der Waals surface area contributed by atoms with E-state index in [1.165, 1.54) is 0 Å². The van der Waals surface area contributed by atoms with Crippen LogP contribution in [0.2, 0.25) is 0 Å². The van der Waals surface area contributed by atoms with E-state index < -0.39 is 0 Å². The fourth-order valence-corrected chi connectivity index (χ4v) is 2.46. The third-order valence-corrected chi connectivity index (χ3v) is 3.84. The molecule has 2 N–H and O–H groups in total. The van der Waals surface area contributed by atoms with Gasteiger partial charge in [0.1, 0.15) is 0 Å². The first-order chi connectivity index (χ1) is 13.8. The Labute approximate surface area is 161 Å². The SMILES string of the molecule is C(=Cc1ccc(Nc2ccnnn2)cc1)c1ccc(Nc2ccnnn2)cc1. The van der Waals surface area contributed by atoms with E-state index >= 15 is 0 Å². The van der Waals surface area contributed by atoms with Gasteiger partial charge in [-0.25, -0.2) is 0 Å². The van der Waals surface area contributed by atoms with Crippen LogP contribution in [-0.2, 0) is 0 Å². The summed E-state index contributed by atoms with van der Waals surface area (Å²) in [4.78, 5) is 0. The van der Waals surface area contributed by atoms with E-state index in [1.807, 2.05) is 48.5 Å². The Hall–Kier alpha value is -4.20. The average Bonchev–Trinajstić information content (AvgIpc) is 2.76. The number of anilines is 4. The van der Waals surface area contributed by atoms with E-state index in [0.717, 1.165) is 22.5 Å². The minimum Gasteiger partial charge on any atom is -0.339 e. The maximum absolute atomic E-state index is 3.90. The molecule has 2 aromatic carbocycles. The van der Waals surface area contributed by atoms with Crippen LogP contribution >= 0.6 is 0 Å². The standard InChI is InChI=1S/C20H16N8/c1(15-3-7-17(8-4-15)23-19-11-13-21-27-25-19)2-16-5-9-18(10-6-16)24-20-12-14-22-28-26-20/h1-14H,(H,21,23,25)(H,22,24,26). The minimum atomic E-state index is 0.657. The Morgan fingerprint density at radius 1 is 0.536 bits per heavy atom. The van der Waals surface area contributed by atoms with Gasteiger partial charge in [0.15, 0.2) is 11.6 Å². The van der Waals surface area contributed by atoms with E-state index in [-0.39, 0.29) is 0 Å². The molecule has 8 heteroatoms. The molecule has 0 fully saturated rings. The van der Waals surface area contributed by atoms with Gasteiger partial charge in [-0.3, -0.25) is 0 Å². The van der Waals surface area contributed by atoms with E-state index in [0.29, 0.717) is 11.6 Å². The van der Waals surface area contributed by atoms with Gasteiger partial charge in [0, 0.05) is 23.5 Å². The van der Waals surface area contributed by atoms with E-state index in [9.17, 15) is 0 Å². The molecule has 8 nitrogen and oxygen atoms in total. The molecule has 0 atom stereocenters. The summed E-state index contributed by atoms with van der Waals surface area (Å²) in [5, 5.41) is 28.7. The molecule has 0 radical (unpaired) electrons. The lowest BCUT2D eigenvalue weighted by Crippen LogP contribution is -1.95. The van der Waals surface area contributed by atoms with Gasteiger partial charge in [0.2, 0.25) is 0 Å². The summed E-state index contributed by atoms with van der Waals surface area (Å²) in [5.41, 5.74) is 4.07. The monoisotopic (exact) mass is 368 g/mol. The number of aromatic nitrogens is 6. The summed E-state index contributed by atoms with van der Waals surface area (Å²) in [6, 6.07) is 19.6. The summed E-state index contributed by atoms with van der Waals surface area (Å²) >= 11 is 0. The summed E-state index contributed by atoms with van der Waals surface area (Å²) in [7, 11) is 0. The molecule has 4 aromatic rings. The van der Waals surface area contributed by atoms with Crippen molar-refractivity contribution in [2.24, 2.45) is 0 Å². The van der Waals surface area contributed by atoms with Crippen LogP contribution in [0.4, 0.5) is 23.0 Å². The number of nitrogens with zero attached hydrogens (tertiary/aromatic N) is 6. The minimum absolute atomic E-state index is 0.657. The first-order valence-electron chi connectivity index (χ1n) is 8.56. The molecule has 0 aliphatic heterocycles. The second-order valence-electron chi connectivity index (χ2n) is 5.84. The van der Waals surface area contributed by atoms with Crippen molar-refractivity contribution in [1.29, 1.82) is 0 Å². The number of hydrogen-bond donors (Lipinski definition) is 2. The predicted molar refractivity (Wildman–Crippen MR) is 108 cm³/mol. The van der Waals surface area contributed by atoms with Gasteiger partial charge in [-0.15, -0.1) is 20.4 Å². The molecule has 4 rings (SSSR count). The second-order valence-corrected chi connectivity index (χ2v) is 5.84. The normalized spacial score (nSPS) is 10.7. The number of rotatable bonds is 6. The van der Waals surface area contributed by atoms with Crippen LogP contribution in [0.15, 0.2) is 73.1 Å². The topological polar surface area (TPSA) is 101 Å². The smallest absolute Gasteiger partial charge is 0.156 e. The molecule has 0 saturated heterocycles. The lowest BCUT2D eigenvalue weighted by Gasteiger charge is -2.05. The summed E-state index contributed by atoms with van der Waals surface area (Å²) < 4.78 is 0. The molecule has 0 amide bonds. The second kappa shape index (κ2) is 8.45. The van der Waals surface area contributed by atoms with E-state index in [2.05, 4.69) is 53.6 Å². The Kier molecular flexibility index (Phi) is 5.20. The summed E-state index contributed by atoms with van der Waals surface area (Å²) in [6.45, 7) is 0. The predicted octanol–water partition coefficient (Wildman–Crippen LogP) is 3.71. The van der Waals surface area contributed by atoms with Crippen LogP contribution in [0.1, 0.15) is 11.1 Å². The van der Waals surface area contributed by atoms with Gasteiger partial charge < -0.3 is 10.6 Å². The molecule has 0 aliphatic carbocycles. The van der Waals surface area contributed by atoms with Crippen LogP contribution in [-0.4, -0.2) is 30.8 Å². The molecule has 2 aromatic heterocycles. The molecule has 0 spiro atoms. The molecule has 0 aliphatic rings. The van der Waals surface area contributed by atoms with Crippen molar-refractivity contribution in [1.82, 2.24) is 30.8 Å². The number of benzene rings is 2. The molecule has 0 saturated carbocycles. The maximum atomic E-state index is 3.90. The van der Waals surface area contributed by atoms with Crippen molar-refractivity contribution < 1.29 is 0 Å². The largest absolute Gasteiger partial charge is 0.339 e. The molecule has 2 heterocycles. The lowest BCUT2D eigenvalue weighted by molar-refractivity contribution is 0.871. The first kappa shape index (κ1) is 17.2. The van der Waals surface area contributed by atoms with Crippen LogP contribution in [0.25, 0.3) is 12.2 Å². The number of nitrogens with one attached hydrogen (secondary N) is 2. The molecule has 28 heavy (non-hydrogen) atoms. The highest BCUT2D eigenvalue weighted by molar-refractivity contribution is 5.72. The fourth-order valence-electron chi connectivity index (χ4n) is 2.46. The highest BCUT2D eigenvalue weighted by Gasteiger charge is 1.97. The van der Waals surface area contributed by atoms with Crippen molar-refractivity contribution in [3.8, 4) is 0 Å². The Bertz CT molecular complexity index is 946. The molecular weight excluding hydrogens is 352 g/mol. The van der Waals surface area contributed by atoms with Gasteiger partial charge in [0.25, 0.3) is 0 Å². The highest BCUT2D eigenvalue weighted by Crippen LogP contribution is 2.18. The van der Waals surface area contributed by atoms with E-state index in [4.69, 9.17) is 0 Å². The third kappa shape index (κ3) is 4.70. The summed E-state index contributed by atoms with van der Waals surface area (Å²) in [6.07, 6.45) is 7.31. The molecule has 0 unspecified atom stereocenters. The maximum Gasteiger partial charge on any atom is 0.156 e. The van der Waals surface area contributed by atoms with Crippen molar-refractivity contribution in [3.05, 3.63) is 84.2 Å². The number of hydrogen-bond acceptors (Lipinski definition) is 8. The highest BCUT2D eigenvalue weighted by atomic mass is 15.3. The Balaban J connectivity index is 1.37. The fraction of sp³-hybridized carbons (Fsp3) is 0. The molecule has 0 bridgehead atoms. The van der Waals surface area contributed by atoms with Crippen LogP contribution < -0.4 is 10.6 Å². The van der Waals surface area contributed by atoms with Gasteiger partial charge in [-0.1, -0.05) is 36.4 Å². The van der Waals surface area contributed by atoms with Gasteiger partial charge in [0.05, 0.1) is 12.4 Å². The summed E-state index contributed by atoms with van der Waals surface area (Å²) in [5.74, 6) is 1.31. The molecular formula is C20H16N8. The van der Waals surface area contributed by atoms with Crippen molar-refractivity contribution in [2.75, 3.05) is 10.6 Å². The van der Waals surface area contributed by atoms with Crippen LogP contribution in [0, 0.1) is 0 Å². The van der Waals surface area contributed by atoms with Crippen molar-refractivity contribution in [3.63, 3.8) is 0 Å². The van der Waals surface area contributed by atoms with Crippen molar-refractivity contribution >= 4 is 35.2 Å². The van der Waals surface area contributed by atoms with Gasteiger partial charge in [-0.2, -0.15) is 0 Å². The average molecular weight is 368 g/mol. The van der Waals surface area contributed by atoms with Crippen molar-refractivity contribution in [2.45, 2.75) is 0 Å². The quantitative estimate of drug-likeness (QED) is 0.497. The lowest BCUT2D eigenvalue weighted by atomic mass is 10.1. The van der Waals surface area contributed by atoms with Crippen LogP contribution in [0.5, 0.6) is 0 Å². The third-order valence-electron chi connectivity index (χ3n) is 3.84. The van der Waals surface area contributed by atoms with Gasteiger partial charge >= 0.3 is 0 Å². The van der Waals surface area contributed by atoms with Gasteiger partial charge in [-0.05, 0) is 45.8 Å². The Morgan fingerprint density at radius 2 is 0.964 bits per heavy atom. The Morgan fingerprint density at radius 3 is 1.32 bits per heavy atom. The zero-order valence-electron chi connectivity index (χ0n) is 14.8. The zero-order chi connectivity index (χ0) is 19.0. The van der Waals surface area contributed by atoms with Crippen LogP contribution in [0.3, 0.4) is 0 Å². The molecule has 136 valence electrons. The zero-order valence-corrected chi connectivity index (χ0v) is 14.8. The van der Waals surface area contributed by atoms with E-state index in [1.54, 1.807) is 24.5 Å². The first-order valence-corrected chi connectivity index (χ1v) is 8.56.